The summed E-state index contributed by atoms with van der Waals surface area (Å²) in [5, 5.41) is 2.61. The molecule has 0 saturated carbocycles. The molecule has 0 aromatic carbocycles. The Morgan fingerprint density at radius 3 is 2.77 bits per heavy atom. The third-order valence-corrected chi connectivity index (χ3v) is 5.29. The molecule has 0 aliphatic carbocycles. The smallest absolute Gasteiger partial charge is 0.245 e. The van der Waals surface area contributed by atoms with Crippen LogP contribution in [0.3, 0.4) is 0 Å². The zero-order valence-electron chi connectivity index (χ0n) is 12.6. The summed E-state index contributed by atoms with van der Waals surface area (Å²) in [6.07, 6.45) is 1.91. The standard InChI is InChI=1S/C14H19N3O4S/c1-10-3-5-15-12(7-10)16-13(18)8-17(2)14(19)11-4-6-22(20,21)9-11/h3,5,7,11H,4,6,8-9H2,1-2H3,(H,15,16,18). The van der Waals surface area contributed by atoms with E-state index in [-0.39, 0.29) is 29.9 Å². The van der Waals surface area contributed by atoms with Crippen LogP contribution in [0.25, 0.3) is 0 Å². The minimum absolute atomic E-state index is 0.0383. The number of sulfone groups is 1. The highest BCUT2D eigenvalue weighted by atomic mass is 32.2. The molecule has 2 heterocycles. The second-order valence-corrected chi connectivity index (χ2v) is 7.79. The van der Waals surface area contributed by atoms with Crippen molar-refractivity contribution in [1.29, 1.82) is 0 Å². The molecule has 1 aliphatic rings. The largest absolute Gasteiger partial charge is 0.336 e. The van der Waals surface area contributed by atoms with E-state index in [0.29, 0.717) is 12.2 Å². The fourth-order valence-corrected chi connectivity index (χ4v) is 4.11. The predicted molar refractivity (Wildman–Crippen MR) is 82.0 cm³/mol. The number of rotatable bonds is 4. The number of carbonyl (C=O) groups excluding carboxylic acids is 2. The summed E-state index contributed by atoms with van der Waals surface area (Å²) in [7, 11) is -1.62. The van der Waals surface area contributed by atoms with Crippen LogP contribution in [0.15, 0.2) is 18.3 Å². The lowest BCUT2D eigenvalue weighted by Crippen LogP contribution is -2.39. The zero-order valence-corrected chi connectivity index (χ0v) is 13.4. The van der Waals surface area contributed by atoms with Crippen LogP contribution in [-0.2, 0) is 19.4 Å². The normalized spacial score (nSPS) is 19.6. The Labute approximate surface area is 129 Å². The van der Waals surface area contributed by atoms with Gasteiger partial charge in [-0.2, -0.15) is 0 Å². The summed E-state index contributed by atoms with van der Waals surface area (Å²) >= 11 is 0. The first-order valence-electron chi connectivity index (χ1n) is 6.95. The summed E-state index contributed by atoms with van der Waals surface area (Å²) in [5.74, 6) is -0.883. The van der Waals surface area contributed by atoms with E-state index in [4.69, 9.17) is 0 Å². The monoisotopic (exact) mass is 325 g/mol. The Hall–Kier alpha value is -1.96. The van der Waals surface area contributed by atoms with E-state index in [1.807, 2.05) is 13.0 Å². The number of carbonyl (C=O) groups is 2. The van der Waals surface area contributed by atoms with Crippen LogP contribution in [-0.4, -0.2) is 55.2 Å². The number of aromatic nitrogens is 1. The molecule has 120 valence electrons. The number of hydrogen-bond acceptors (Lipinski definition) is 5. The van der Waals surface area contributed by atoms with Crippen molar-refractivity contribution in [2.75, 3.05) is 30.4 Å². The summed E-state index contributed by atoms with van der Waals surface area (Å²) in [6, 6.07) is 3.54. The van der Waals surface area contributed by atoms with Gasteiger partial charge < -0.3 is 10.2 Å². The molecular formula is C14H19N3O4S. The first kappa shape index (κ1) is 16.4. The van der Waals surface area contributed by atoms with E-state index in [1.165, 1.54) is 11.9 Å². The minimum atomic E-state index is -3.11. The van der Waals surface area contributed by atoms with E-state index in [0.717, 1.165) is 5.56 Å². The highest BCUT2D eigenvalue weighted by Crippen LogP contribution is 2.20. The average Bonchev–Trinajstić information content (AvgIpc) is 2.78. The van der Waals surface area contributed by atoms with Crippen molar-refractivity contribution in [3.8, 4) is 0 Å². The number of nitrogens with zero attached hydrogens (tertiary/aromatic N) is 2. The van der Waals surface area contributed by atoms with Crippen molar-refractivity contribution < 1.29 is 18.0 Å². The van der Waals surface area contributed by atoms with Crippen molar-refractivity contribution in [3.63, 3.8) is 0 Å². The van der Waals surface area contributed by atoms with E-state index >= 15 is 0 Å². The van der Waals surface area contributed by atoms with Gasteiger partial charge in [-0.1, -0.05) is 0 Å². The number of hydrogen-bond donors (Lipinski definition) is 1. The lowest BCUT2D eigenvalue weighted by atomic mass is 10.1. The number of likely N-dealkylation sites (N-methyl/N-ethyl adjacent to an activating group) is 1. The summed E-state index contributed by atoms with van der Waals surface area (Å²) in [5.41, 5.74) is 0.964. The number of pyridine rings is 1. The van der Waals surface area contributed by atoms with E-state index in [2.05, 4.69) is 10.3 Å². The first-order chi connectivity index (χ1) is 10.3. The maximum absolute atomic E-state index is 12.1. The number of aryl methyl sites for hydroxylation is 1. The van der Waals surface area contributed by atoms with E-state index in [9.17, 15) is 18.0 Å². The molecule has 1 atom stereocenters. The maximum Gasteiger partial charge on any atom is 0.245 e. The molecular weight excluding hydrogens is 306 g/mol. The fourth-order valence-electron chi connectivity index (χ4n) is 2.38. The van der Waals surface area contributed by atoms with Gasteiger partial charge in [0.25, 0.3) is 0 Å². The van der Waals surface area contributed by atoms with Crippen molar-refractivity contribution in [2.24, 2.45) is 5.92 Å². The molecule has 1 aromatic rings. The predicted octanol–water partition coefficient (Wildman–Crippen LogP) is 0.222. The molecule has 0 spiro atoms. The van der Waals surface area contributed by atoms with Gasteiger partial charge in [0, 0.05) is 13.2 Å². The van der Waals surface area contributed by atoms with Gasteiger partial charge in [-0.15, -0.1) is 0 Å². The van der Waals surface area contributed by atoms with Crippen molar-refractivity contribution in [1.82, 2.24) is 9.88 Å². The van der Waals surface area contributed by atoms with Crippen LogP contribution in [0.4, 0.5) is 5.82 Å². The molecule has 1 aliphatic heterocycles. The van der Waals surface area contributed by atoms with Crippen LogP contribution in [0.5, 0.6) is 0 Å². The molecule has 7 nitrogen and oxygen atoms in total. The first-order valence-corrected chi connectivity index (χ1v) is 8.77. The quantitative estimate of drug-likeness (QED) is 0.854. The molecule has 1 unspecified atom stereocenters. The highest BCUT2D eigenvalue weighted by Gasteiger charge is 2.34. The zero-order chi connectivity index (χ0) is 16.3. The van der Waals surface area contributed by atoms with Gasteiger partial charge in [0.05, 0.1) is 24.0 Å². The van der Waals surface area contributed by atoms with Gasteiger partial charge >= 0.3 is 0 Å². The second-order valence-electron chi connectivity index (χ2n) is 5.56. The van der Waals surface area contributed by atoms with Crippen LogP contribution in [0, 0.1) is 12.8 Å². The van der Waals surface area contributed by atoms with Crippen molar-refractivity contribution >= 4 is 27.5 Å². The average molecular weight is 325 g/mol. The lowest BCUT2D eigenvalue weighted by molar-refractivity contribution is -0.136. The Balaban J connectivity index is 1.90. The summed E-state index contributed by atoms with van der Waals surface area (Å²) in [6.45, 7) is 1.75. The van der Waals surface area contributed by atoms with Gasteiger partial charge in [0.1, 0.15) is 5.82 Å². The van der Waals surface area contributed by atoms with Gasteiger partial charge in [-0.05, 0) is 31.0 Å². The lowest BCUT2D eigenvalue weighted by Gasteiger charge is -2.19. The molecule has 1 aromatic heterocycles. The van der Waals surface area contributed by atoms with Crippen LogP contribution < -0.4 is 5.32 Å². The summed E-state index contributed by atoms with van der Waals surface area (Å²) < 4.78 is 22.8. The van der Waals surface area contributed by atoms with E-state index < -0.39 is 15.8 Å². The van der Waals surface area contributed by atoms with Gasteiger partial charge in [0.15, 0.2) is 9.84 Å². The van der Waals surface area contributed by atoms with Gasteiger partial charge in [-0.3, -0.25) is 9.59 Å². The molecule has 22 heavy (non-hydrogen) atoms. The van der Waals surface area contributed by atoms with Gasteiger partial charge in [0.2, 0.25) is 11.8 Å². The third kappa shape index (κ3) is 4.27. The SMILES string of the molecule is Cc1ccnc(NC(=O)CN(C)C(=O)C2CCS(=O)(=O)C2)c1. The van der Waals surface area contributed by atoms with E-state index in [1.54, 1.807) is 12.3 Å². The third-order valence-electron chi connectivity index (χ3n) is 3.52. The number of anilines is 1. The van der Waals surface area contributed by atoms with Crippen LogP contribution in [0.1, 0.15) is 12.0 Å². The Bertz CT molecular complexity index is 687. The minimum Gasteiger partial charge on any atom is -0.336 e. The molecule has 0 bridgehead atoms. The topological polar surface area (TPSA) is 96.4 Å². The van der Waals surface area contributed by atoms with Crippen molar-refractivity contribution in [2.45, 2.75) is 13.3 Å². The molecule has 0 radical (unpaired) electrons. The second kappa shape index (κ2) is 6.43. The molecule has 2 rings (SSSR count). The summed E-state index contributed by atoms with van der Waals surface area (Å²) in [4.78, 5) is 29.3. The Kier molecular flexibility index (Phi) is 4.80. The van der Waals surface area contributed by atoms with Crippen LogP contribution in [0.2, 0.25) is 0 Å². The molecule has 2 amide bonds. The van der Waals surface area contributed by atoms with Crippen molar-refractivity contribution in [3.05, 3.63) is 23.9 Å². The number of amides is 2. The highest BCUT2D eigenvalue weighted by molar-refractivity contribution is 7.91. The molecule has 1 saturated heterocycles. The molecule has 1 N–H and O–H groups in total. The number of nitrogens with one attached hydrogen (secondary N) is 1. The molecule has 1 fully saturated rings. The fraction of sp³-hybridized carbons (Fsp3) is 0.500. The Morgan fingerprint density at radius 2 is 2.18 bits per heavy atom. The Morgan fingerprint density at radius 1 is 1.45 bits per heavy atom. The van der Waals surface area contributed by atoms with Gasteiger partial charge in [-0.25, -0.2) is 13.4 Å². The van der Waals surface area contributed by atoms with Crippen LogP contribution >= 0.6 is 0 Å². The molecule has 8 heteroatoms. The maximum atomic E-state index is 12.1.